The van der Waals surface area contributed by atoms with Gasteiger partial charge in [0.15, 0.2) is 5.82 Å². The Labute approximate surface area is 256 Å². The van der Waals surface area contributed by atoms with Crippen LogP contribution >= 0.6 is 11.6 Å². The quantitative estimate of drug-likeness (QED) is 0.310. The highest BCUT2D eigenvalue weighted by Gasteiger charge is 2.38. The molecule has 1 aromatic heterocycles. The highest BCUT2D eigenvalue weighted by atomic mass is 35.5. The Kier molecular flexibility index (Phi) is 8.48. The molecular weight excluding hydrogens is 576 g/mol. The van der Waals surface area contributed by atoms with Crippen molar-refractivity contribution < 1.29 is 23.0 Å². The fourth-order valence-corrected chi connectivity index (χ4v) is 6.13. The molecule has 3 aromatic rings. The van der Waals surface area contributed by atoms with E-state index in [9.17, 15) is 4.79 Å². The molecule has 0 aliphatic carbocycles. The second-order valence-corrected chi connectivity index (χ2v) is 13.3. The predicted molar refractivity (Wildman–Crippen MR) is 165 cm³/mol. The van der Waals surface area contributed by atoms with E-state index in [0.29, 0.717) is 36.2 Å². The average molecular weight is 616 g/mol. The second kappa shape index (κ2) is 11.7. The van der Waals surface area contributed by atoms with E-state index >= 15 is 8.78 Å². The highest BCUT2D eigenvalue weighted by molar-refractivity contribution is 6.34. The van der Waals surface area contributed by atoms with Crippen LogP contribution in [-0.4, -0.2) is 82.9 Å². The maximum atomic E-state index is 16.6. The van der Waals surface area contributed by atoms with E-state index in [1.54, 1.807) is 17.0 Å². The van der Waals surface area contributed by atoms with E-state index in [-0.39, 0.29) is 51.5 Å². The summed E-state index contributed by atoms with van der Waals surface area (Å²) >= 11 is 6.73. The number of ether oxygens (including phenoxy) is 2. The molecule has 2 fully saturated rings. The zero-order valence-electron chi connectivity index (χ0n) is 26.0. The number of fused-ring (bicyclic) bond motifs is 1. The van der Waals surface area contributed by atoms with Gasteiger partial charge < -0.3 is 19.3 Å². The van der Waals surface area contributed by atoms with Crippen molar-refractivity contribution in [2.24, 2.45) is 0 Å². The number of carbonyl (C=O) groups is 1. The number of hydrogen-bond acceptors (Lipinski definition) is 7. The van der Waals surface area contributed by atoms with Crippen molar-refractivity contribution in [1.29, 1.82) is 0 Å². The molecule has 2 atom stereocenters. The largest absolute Gasteiger partial charge is 0.496 e. The van der Waals surface area contributed by atoms with Gasteiger partial charge in [0.25, 0.3) is 0 Å². The summed E-state index contributed by atoms with van der Waals surface area (Å²) < 4.78 is 42.8. The molecular formula is C32H40ClF2N5O3. The van der Waals surface area contributed by atoms with Crippen LogP contribution in [-0.2, 0) is 4.74 Å². The van der Waals surface area contributed by atoms with Crippen LogP contribution in [0.3, 0.4) is 0 Å². The van der Waals surface area contributed by atoms with Gasteiger partial charge in [0.1, 0.15) is 34.3 Å². The molecule has 0 spiro atoms. The predicted octanol–water partition coefficient (Wildman–Crippen LogP) is 6.88. The molecule has 43 heavy (non-hydrogen) atoms. The summed E-state index contributed by atoms with van der Waals surface area (Å²) in [6, 6.07) is 5.92. The van der Waals surface area contributed by atoms with Crippen LogP contribution < -0.4 is 9.64 Å². The highest BCUT2D eigenvalue weighted by Crippen LogP contribution is 2.43. The molecule has 0 saturated carbocycles. The van der Waals surface area contributed by atoms with Gasteiger partial charge in [0.2, 0.25) is 0 Å². The number of likely N-dealkylation sites (tertiary alicyclic amines) is 1. The maximum Gasteiger partial charge on any atom is 0.410 e. The van der Waals surface area contributed by atoms with E-state index in [1.807, 2.05) is 34.6 Å². The molecule has 0 radical (unpaired) electrons. The third kappa shape index (κ3) is 5.96. The van der Waals surface area contributed by atoms with Crippen LogP contribution in [0.2, 0.25) is 5.02 Å². The fraction of sp³-hybridized carbons (Fsp3) is 0.531. The van der Waals surface area contributed by atoms with Gasteiger partial charge in [-0.2, -0.15) is 0 Å². The number of carbonyl (C=O) groups excluding carboxylic acids is 1. The third-order valence-corrected chi connectivity index (χ3v) is 8.51. The molecule has 0 bridgehead atoms. The summed E-state index contributed by atoms with van der Waals surface area (Å²) in [5.41, 5.74) is -0.705. The van der Waals surface area contributed by atoms with Gasteiger partial charge in [-0.05, 0) is 66.7 Å². The lowest BCUT2D eigenvalue weighted by atomic mass is 9.96. The minimum atomic E-state index is -0.732. The smallest absolute Gasteiger partial charge is 0.410 e. The van der Waals surface area contributed by atoms with Crippen molar-refractivity contribution in [3.63, 3.8) is 0 Å². The standard InChI is InChI=1S/C32H40ClF2N5O3/c1-17(2)38-15-20(16-38)29-36-28-21(12-22(33)25(27(28)35)26-23(34)10-9-11-24(26)42-8)30(37-29)39-13-19(4)40(14-18(39)3)31(41)43-32(5,6)7/h9-12,17-20H,13-16H2,1-8H3/t18-,19+/m0/s1. The molecule has 0 N–H and O–H groups in total. The van der Waals surface area contributed by atoms with Crippen LogP contribution in [0.1, 0.15) is 60.2 Å². The van der Waals surface area contributed by atoms with E-state index in [0.717, 1.165) is 13.1 Å². The Morgan fingerprint density at radius 2 is 1.74 bits per heavy atom. The number of halogens is 3. The van der Waals surface area contributed by atoms with Gasteiger partial charge in [0.05, 0.1) is 17.7 Å². The maximum absolute atomic E-state index is 16.6. The Hall–Kier alpha value is -3.24. The van der Waals surface area contributed by atoms with E-state index in [2.05, 4.69) is 23.6 Å². The van der Waals surface area contributed by atoms with E-state index < -0.39 is 17.2 Å². The molecule has 232 valence electrons. The summed E-state index contributed by atoms with van der Waals surface area (Å²) in [5.74, 6) is -0.129. The van der Waals surface area contributed by atoms with Gasteiger partial charge in [-0.25, -0.2) is 23.5 Å². The lowest BCUT2D eigenvalue weighted by molar-refractivity contribution is 0.0130. The SMILES string of the molecule is COc1cccc(F)c1-c1c(Cl)cc2c(N3C[C@@H](C)N(C(=O)OC(C)(C)C)C[C@@H]3C)nc(C3CN(C(C)C)C3)nc2c1F. The minimum Gasteiger partial charge on any atom is -0.496 e. The molecule has 11 heteroatoms. The van der Waals surface area contributed by atoms with Gasteiger partial charge in [-0.1, -0.05) is 17.7 Å². The number of piperazine rings is 1. The zero-order chi connectivity index (χ0) is 31.4. The lowest BCUT2D eigenvalue weighted by Crippen LogP contribution is -2.59. The average Bonchev–Trinajstić information content (AvgIpc) is 2.88. The van der Waals surface area contributed by atoms with Crippen molar-refractivity contribution >= 4 is 34.4 Å². The number of benzene rings is 2. The first-order valence-electron chi connectivity index (χ1n) is 14.7. The first-order valence-corrected chi connectivity index (χ1v) is 15.1. The summed E-state index contributed by atoms with van der Waals surface area (Å²) in [4.78, 5) is 28.9. The Morgan fingerprint density at radius 3 is 2.37 bits per heavy atom. The lowest BCUT2D eigenvalue weighted by Gasteiger charge is -2.45. The zero-order valence-corrected chi connectivity index (χ0v) is 26.8. The number of methoxy groups -OCH3 is 1. The summed E-state index contributed by atoms with van der Waals surface area (Å²) in [6.07, 6.45) is -0.374. The van der Waals surface area contributed by atoms with Crippen molar-refractivity contribution in [1.82, 2.24) is 19.8 Å². The molecule has 2 aliphatic rings. The minimum absolute atomic E-state index is 0.0165. The molecule has 0 unspecified atom stereocenters. The number of nitrogens with zero attached hydrogens (tertiary/aromatic N) is 5. The Morgan fingerprint density at radius 1 is 1.05 bits per heavy atom. The van der Waals surface area contributed by atoms with Crippen LogP contribution in [0, 0.1) is 11.6 Å². The van der Waals surface area contributed by atoms with Gasteiger partial charge in [-0.15, -0.1) is 0 Å². The van der Waals surface area contributed by atoms with Crippen LogP contribution in [0.25, 0.3) is 22.0 Å². The number of anilines is 1. The van der Waals surface area contributed by atoms with E-state index in [4.69, 9.17) is 31.0 Å². The summed E-state index contributed by atoms with van der Waals surface area (Å²) in [7, 11) is 1.40. The molecule has 1 amide bonds. The monoisotopic (exact) mass is 615 g/mol. The van der Waals surface area contributed by atoms with Crippen LogP contribution in [0.15, 0.2) is 24.3 Å². The third-order valence-electron chi connectivity index (χ3n) is 8.22. The van der Waals surface area contributed by atoms with Crippen molar-refractivity contribution in [3.05, 3.63) is 46.7 Å². The van der Waals surface area contributed by atoms with Gasteiger partial charge in [0, 0.05) is 61.2 Å². The summed E-state index contributed by atoms with van der Waals surface area (Å²) in [5, 5.41) is 0.448. The fourth-order valence-electron chi connectivity index (χ4n) is 5.84. The van der Waals surface area contributed by atoms with Crippen molar-refractivity contribution in [2.75, 3.05) is 38.2 Å². The van der Waals surface area contributed by atoms with Gasteiger partial charge >= 0.3 is 6.09 Å². The Bertz CT molecular complexity index is 1540. The topological polar surface area (TPSA) is 71.0 Å². The van der Waals surface area contributed by atoms with E-state index in [1.165, 1.54) is 19.2 Å². The van der Waals surface area contributed by atoms with Crippen LogP contribution in [0.5, 0.6) is 5.75 Å². The molecule has 2 aliphatic heterocycles. The first kappa shape index (κ1) is 31.2. The van der Waals surface area contributed by atoms with Crippen LogP contribution in [0.4, 0.5) is 19.4 Å². The number of hydrogen-bond donors (Lipinski definition) is 0. The molecule has 5 rings (SSSR count). The molecule has 8 nitrogen and oxygen atoms in total. The number of aromatic nitrogens is 2. The number of amides is 1. The molecule has 2 aromatic carbocycles. The Balaban J connectivity index is 1.63. The molecule has 3 heterocycles. The second-order valence-electron chi connectivity index (χ2n) is 12.9. The molecule has 2 saturated heterocycles. The summed E-state index contributed by atoms with van der Waals surface area (Å²) in [6.45, 7) is 16.1. The normalized spacial score (nSPS) is 20.1. The van der Waals surface area contributed by atoms with Crippen molar-refractivity contribution in [3.8, 4) is 16.9 Å². The van der Waals surface area contributed by atoms with Crippen molar-refractivity contribution in [2.45, 2.75) is 78.1 Å². The van der Waals surface area contributed by atoms with Gasteiger partial charge in [-0.3, -0.25) is 4.90 Å². The first-order chi connectivity index (χ1) is 20.2. The number of rotatable bonds is 5.